The molecule has 1 saturated heterocycles. The van der Waals surface area contributed by atoms with Gasteiger partial charge in [-0.2, -0.15) is 4.31 Å². The van der Waals surface area contributed by atoms with Gasteiger partial charge in [-0.15, -0.1) is 0 Å². The van der Waals surface area contributed by atoms with Crippen LogP contribution in [0.1, 0.15) is 40.9 Å². The molecule has 9 nitrogen and oxygen atoms in total. The number of benzene rings is 1. The van der Waals surface area contributed by atoms with Gasteiger partial charge in [0, 0.05) is 26.2 Å². The second kappa shape index (κ2) is 9.51. The van der Waals surface area contributed by atoms with Crippen LogP contribution in [0.5, 0.6) is 0 Å². The quantitative estimate of drug-likeness (QED) is 0.568. The van der Waals surface area contributed by atoms with Crippen molar-refractivity contribution in [3.63, 3.8) is 0 Å². The van der Waals surface area contributed by atoms with Gasteiger partial charge in [-0.1, -0.05) is 18.6 Å². The summed E-state index contributed by atoms with van der Waals surface area (Å²) in [6.07, 6.45) is 2.58. The Morgan fingerprint density at radius 1 is 1.00 bits per heavy atom. The third kappa shape index (κ3) is 5.53. The second-order valence-electron chi connectivity index (χ2n) is 7.51. The van der Waals surface area contributed by atoms with Gasteiger partial charge in [0.1, 0.15) is 0 Å². The van der Waals surface area contributed by atoms with E-state index in [9.17, 15) is 21.6 Å². The molecule has 11 heteroatoms. The zero-order chi connectivity index (χ0) is 22.6. The molecule has 0 bridgehead atoms. The monoisotopic (exact) mass is 469 g/mol. The number of piperidine rings is 1. The summed E-state index contributed by atoms with van der Waals surface area (Å²) in [5, 5.41) is 2.26. The molecule has 1 aliphatic rings. The molecule has 0 saturated carbocycles. The maximum absolute atomic E-state index is 12.6. The highest BCUT2D eigenvalue weighted by Crippen LogP contribution is 2.22. The van der Waals surface area contributed by atoms with Gasteiger partial charge in [0.2, 0.25) is 15.1 Å². The molecule has 1 aromatic heterocycles. The predicted molar refractivity (Wildman–Crippen MR) is 115 cm³/mol. The lowest BCUT2D eigenvalue weighted by Crippen LogP contribution is -2.35. The van der Waals surface area contributed by atoms with Gasteiger partial charge in [0.05, 0.1) is 4.90 Å². The van der Waals surface area contributed by atoms with Crippen molar-refractivity contribution in [2.75, 3.05) is 26.2 Å². The van der Waals surface area contributed by atoms with Crippen LogP contribution in [0.25, 0.3) is 0 Å². The van der Waals surface area contributed by atoms with Crippen molar-refractivity contribution < 1.29 is 26.0 Å². The van der Waals surface area contributed by atoms with Crippen molar-refractivity contribution in [3.8, 4) is 0 Å². The van der Waals surface area contributed by atoms with E-state index in [2.05, 4.69) is 10.0 Å². The Morgan fingerprint density at radius 3 is 2.42 bits per heavy atom. The van der Waals surface area contributed by atoms with Crippen molar-refractivity contribution in [2.24, 2.45) is 0 Å². The summed E-state index contributed by atoms with van der Waals surface area (Å²) in [5.41, 5.74) is 1.45. The number of nitrogens with one attached hydrogen (secondary N) is 2. The number of hydrogen-bond acceptors (Lipinski definition) is 6. The normalized spacial score (nSPS) is 15.7. The summed E-state index contributed by atoms with van der Waals surface area (Å²) < 4.78 is 59.2. The van der Waals surface area contributed by atoms with Crippen molar-refractivity contribution in [3.05, 3.63) is 47.2 Å². The predicted octanol–water partition coefficient (Wildman–Crippen LogP) is 1.78. The number of rotatable bonds is 8. The summed E-state index contributed by atoms with van der Waals surface area (Å²) in [4.78, 5) is 12.5. The summed E-state index contributed by atoms with van der Waals surface area (Å²) in [7, 11) is -7.48. The van der Waals surface area contributed by atoms with Crippen LogP contribution >= 0.6 is 0 Å². The molecule has 1 aliphatic heterocycles. The van der Waals surface area contributed by atoms with Crippen LogP contribution < -0.4 is 10.0 Å². The Hall–Kier alpha value is -2.21. The Morgan fingerprint density at radius 2 is 1.71 bits per heavy atom. The van der Waals surface area contributed by atoms with Crippen molar-refractivity contribution in [1.82, 2.24) is 14.3 Å². The molecule has 31 heavy (non-hydrogen) atoms. The third-order valence-corrected chi connectivity index (χ3v) is 8.43. The fourth-order valence-corrected chi connectivity index (χ4v) is 6.12. The second-order valence-corrected chi connectivity index (χ2v) is 11.1. The minimum atomic E-state index is -3.76. The molecule has 3 rings (SSSR count). The molecule has 0 radical (unpaired) electrons. The first-order chi connectivity index (χ1) is 14.6. The molecular weight excluding hydrogens is 442 g/mol. The van der Waals surface area contributed by atoms with Crippen molar-refractivity contribution in [1.29, 1.82) is 0 Å². The fourth-order valence-electron chi connectivity index (χ4n) is 3.34. The van der Waals surface area contributed by atoms with E-state index in [1.165, 1.54) is 16.4 Å². The number of hydrogen-bond donors (Lipinski definition) is 2. The number of furan rings is 1. The van der Waals surface area contributed by atoms with Gasteiger partial charge < -0.3 is 9.73 Å². The van der Waals surface area contributed by atoms with Crippen molar-refractivity contribution >= 4 is 26.0 Å². The van der Waals surface area contributed by atoms with Crippen LogP contribution in [0, 0.1) is 13.8 Å². The molecule has 1 fully saturated rings. The number of carbonyl (C=O) groups is 1. The number of sulfonamides is 2. The highest BCUT2D eigenvalue weighted by Gasteiger charge is 2.29. The van der Waals surface area contributed by atoms with E-state index in [0.717, 1.165) is 24.8 Å². The van der Waals surface area contributed by atoms with Gasteiger partial charge in [-0.25, -0.2) is 21.6 Å². The molecule has 2 N–H and O–H groups in total. The van der Waals surface area contributed by atoms with Crippen LogP contribution in [0.2, 0.25) is 0 Å². The molecule has 0 atom stereocenters. The van der Waals surface area contributed by atoms with E-state index in [1.807, 2.05) is 13.0 Å². The summed E-state index contributed by atoms with van der Waals surface area (Å²) in [6.45, 7) is 4.37. The largest absolute Gasteiger partial charge is 0.438 e. The molecule has 170 valence electrons. The summed E-state index contributed by atoms with van der Waals surface area (Å²) in [6, 6.07) is 7.72. The molecular formula is C20H27N3O6S2. The van der Waals surface area contributed by atoms with Gasteiger partial charge in [-0.05, 0) is 56.0 Å². The Bertz CT molecular complexity index is 1150. The van der Waals surface area contributed by atoms with Gasteiger partial charge in [0.15, 0.2) is 5.76 Å². The lowest BCUT2D eigenvalue weighted by atomic mass is 10.2. The minimum absolute atomic E-state index is 0.0117. The highest BCUT2D eigenvalue weighted by atomic mass is 32.2. The Kier molecular flexibility index (Phi) is 7.20. The van der Waals surface area contributed by atoms with Gasteiger partial charge in [-0.3, -0.25) is 4.79 Å². The highest BCUT2D eigenvalue weighted by molar-refractivity contribution is 7.89. The van der Waals surface area contributed by atoms with E-state index in [-0.39, 0.29) is 28.8 Å². The van der Waals surface area contributed by atoms with Gasteiger partial charge in [0.25, 0.3) is 15.9 Å². The van der Waals surface area contributed by atoms with Crippen LogP contribution in [0.15, 0.2) is 44.7 Å². The SMILES string of the molecule is Cc1ccc(C)c(S(=O)(=O)NCCNC(=O)c2ccc(S(=O)(=O)N3CCCCC3)o2)c1. The molecule has 1 amide bonds. The molecule has 1 aromatic carbocycles. The fraction of sp³-hybridized carbons (Fsp3) is 0.450. The maximum atomic E-state index is 12.6. The number of amides is 1. The smallest absolute Gasteiger partial charge is 0.287 e. The average Bonchev–Trinajstić information content (AvgIpc) is 3.25. The average molecular weight is 470 g/mol. The maximum Gasteiger partial charge on any atom is 0.287 e. The Balaban J connectivity index is 1.55. The summed E-state index contributed by atoms with van der Waals surface area (Å²) in [5.74, 6) is -0.765. The third-order valence-electron chi connectivity index (χ3n) is 5.05. The summed E-state index contributed by atoms with van der Waals surface area (Å²) >= 11 is 0. The minimum Gasteiger partial charge on any atom is -0.438 e. The lowest BCUT2D eigenvalue weighted by Gasteiger charge is -2.24. The zero-order valence-corrected chi connectivity index (χ0v) is 19.2. The van der Waals surface area contributed by atoms with Crippen LogP contribution in [-0.4, -0.2) is 53.2 Å². The molecule has 0 unspecified atom stereocenters. The first kappa shape index (κ1) is 23.5. The first-order valence-corrected chi connectivity index (χ1v) is 13.0. The number of nitrogens with zero attached hydrogens (tertiary/aromatic N) is 1. The molecule has 2 heterocycles. The molecule has 0 spiro atoms. The van der Waals surface area contributed by atoms with Gasteiger partial charge >= 0.3 is 0 Å². The van der Waals surface area contributed by atoms with E-state index in [4.69, 9.17) is 4.42 Å². The zero-order valence-electron chi connectivity index (χ0n) is 17.5. The Labute approximate surface area is 182 Å². The lowest BCUT2D eigenvalue weighted by molar-refractivity contribution is 0.0921. The number of aryl methyl sites for hydroxylation is 2. The molecule has 0 aliphatic carbocycles. The van der Waals surface area contributed by atoms with E-state index >= 15 is 0 Å². The standard InChI is InChI=1S/C20H27N3O6S2/c1-15-6-7-16(2)18(14-15)30(25,26)22-11-10-21-20(24)17-8-9-19(29-17)31(27,28)23-12-4-3-5-13-23/h6-9,14,22H,3-5,10-13H2,1-2H3,(H,21,24). The van der Waals surface area contributed by atoms with Crippen LogP contribution in [0.3, 0.4) is 0 Å². The van der Waals surface area contributed by atoms with Crippen molar-refractivity contribution in [2.45, 2.75) is 43.1 Å². The molecule has 2 aromatic rings. The van der Waals surface area contributed by atoms with E-state index in [1.54, 1.807) is 19.1 Å². The number of carbonyl (C=O) groups excluding carboxylic acids is 1. The van der Waals surface area contributed by atoms with Crippen LogP contribution in [0.4, 0.5) is 0 Å². The first-order valence-electron chi connectivity index (χ1n) is 10.1. The van der Waals surface area contributed by atoms with E-state index < -0.39 is 26.0 Å². The topological polar surface area (TPSA) is 126 Å². The van der Waals surface area contributed by atoms with E-state index in [0.29, 0.717) is 18.7 Å². The van der Waals surface area contributed by atoms with Crippen LogP contribution in [-0.2, 0) is 20.0 Å².